The van der Waals surface area contributed by atoms with Gasteiger partial charge in [0.1, 0.15) is 16.5 Å². The summed E-state index contributed by atoms with van der Waals surface area (Å²) in [7, 11) is 0.335. The van der Waals surface area contributed by atoms with Crippen molar-refractivity contribution in [2.24, 2.45) is 0 Å². The number of ketones is 1. The van der Waals surface area contributed by atoms with Crippen molar-refractivity contribution in [2.45, 2.75) is 11.9 Å². The van der Waals surface area contributed by atoms with Gasteiger partial charge in [-0.3, -0.25) is 9.00 Å². The third-order valence-corrected chi connectivity index (χ3v) is 4.79. The van der Waals surface area contributed by atoms with Gasteiger partial charge in [-0.25, -0.2) is 4.98 Å². The number of carbonyl (C=O) groups excluding carboxylic acids is 1. The van der Waals surface area contributed by atoms with Crippen LogP contribution < -0.4 is 9.47 Å². The van der Waals surface area contributed by atoms with Crippen molar-refractivity contribution in [2.75, 3.05) is 20.0 Å². The lowest BCUT2D eigenvalue weighted by Gasteiger charge is -2.12. The van der Waals surface area contributed by atoms with Crippen LogP contribution in [0.5, 0.6) is 11.5 Å². The highest BCUT2D eigenvalue weighted by molar-refractivity contribution is 7.84. The first kappa shape index (κ1) is 18.1. The van der Waals surface area contributed by atoms with Crippen LogP contribution in [0.3, 0.4) is 0 Å². The summed E-state index contributed by atoms with van der Waals surface area (Å²) in [5.74, 6) is 1.02. The Balaban J connectivity index is 2.12. The van der Waals surface area contributed by atoms with Crippen LogP contribution in [-0.2, 0) is 10.8 Å². The van der Waals surface area contributed by atoms with Gasteiger partial charge in [-0.15, -0.1) is 0 Å². The molecule has 26 heavy (non-hydrogen) atoms. The second-order valence-electron chi connectivity index (χ2n) is 5.60. The van der Waals surface area contributed by atoms with Gasteiger partial charge in [0.2, 0.25) is 0 Å². The van der Waals surface area contributed by atoms with E-state index >= 15 is 0 Å². The molecule has 1 unspecified atom stereocenters. The highest BCUT2D eigenvalue weighted by Crippen LogP contribution is 2.30. The van der Waals surface area contributed by atoms with Gasteiger partial charge >= 0.3 is 0 Å². The molecule has 1 aromatic heterocycles. The molecular weight excluding hydrogens is 350 g/mol. The number of pyridine rings is 1. The third kappa shape index (κ3) is 3.46. The normalized spacial score (nSPS) is 12.0. The van der Waals surface area contributed by atoms with Crippen LogP contribution in [0.1, 0.15) is 22.8 Å². The summed E-state index contributed by atoms with van der Waals surface area (Å²) >= 11 is 0. The number of hydrogen-bond donors (Lipinski definition) is 0. The number of ether oxygens (including phenoxy) is 2. The molecule has 1 atom stereocenters. The zero-order valence-corrected chi connectivity index (χ0v) is 15.6. The number of hydrogen-bond acceptors (Lipinski definition) is 5. The largest absolute Gasteiger partial charge is 0.496 e. The van der Waals surface area contributed by atoms with Crippen LogP contribution in [0.25, 0.3) is 10.9 Å². The second kappa shape index (κ2) is 7.66. The summed E-state index contributed by atoms with van der Waals surface area (Å²) in [6.07, 6.45) is 1.57. The molecule has 3 rings (SSSR count). The minimum Gasteiger partial charge on any atom is -0.496 e. The lowest BCUT2D eigenvalue weighted by Crippen LogP contribution is -2.06. The van der Waals surface area contributed by atoms with Gasteiger partial charge in [0, 0.05) is 17.2 Å². The molecule has 0 amide bonds. The van der Waals surface area contributed by atoms with Crippen molar-refractivity contribution in [3.63, 3.8) is 0 Å². The number of aromatic nitrogens is 1. The van der Waals surface area contributed by atoms with Crippen LogP contribution in [0.4, 0.5) is 0 Å². The lowest BCUT2D eigenvalue weighted by atomic mass is 9.98. The molecule has 0 aliphatic rings. The summed E-state index contributed by atoms with van der Waals surface area (Å²) < 4.78 is 22.5. The number of carbonyl (C=O) groups is 1. The van der Waals surface area contributed by atoms with Gasteiger partial charge in [-0.2, -0.15) is 0 Å². The zero-order valence-electron chi connectivity index (χ0n) is 14.8. The highest BCUT2D eigenvalue weighted by Gasteiger charge is 2.19. The Morgan fingerprint density at radius 3 is 2.42 bits per heavy atom. The summed E-state index contributed by atoms with van der Waals surface area (Å²) in [6.45, 7) is 2.47. The Labute approximate surface area is 154 Å². The molecule has 2 aromatic carbocycles. The van der Waals surface area contributed by atoms with Gasteiger partial charge in [-0.1, -0.05) is 0 Å². The first-order valence-electron chi connectivity index (χ1n) is 8.14. The zero-order chi connectivity index (χ0) is 18.7. The van der Waals surface area contributed by atoms with E-state index in [1.54, 1.807) is 54.8 Å². The van der Waals surface area contributed by atoms with E-state index in [0.29, 0.717) is 45.2 Å². The van der Waals surface area contributed by atoms with Crippen molar-refractivity contribution in [3.05, 3.63) is 59.7 Å². The smallest absolute Gasteiger partial charge is 0.197 e. The second-order valence-corrected chi connectivity index (χ2v) is 6.93. The fourth-order valence-electron chi connectivity index (χ4n) is 2.74. The molecule has 5 nitrogen and oxygen atoms in total. The molecular formula is C20H19NO4S. The molecule has 0 spiro atoms. The molecule has 1 heterocycles. The molecule has 0 saturated heterocycles. The SMILES string of the molecule is CCOc1ccc(C(=O)c2c(OC)ccc3nc(S(C)=O)ccc23)cc1. The number of nitrogens with zero attached hydrogens (tertiary/aromatic N) is 1. The van der Waals surface area contributed by atoms with Crippen molar-refractivity contribution >= 4 is 27.5 Å². The van der Waals surface area contributed by atoms with Gasteiger partial charge < -0.3 is 9.47 Å². The number of methoxy groups -OCH3 is 1. The maximum absolute atomic E-state index is 13.1. The number of rotatable bonds is 6. The highest BCUT2D eigenvalue weighted by atomic mass is 32.2. The van der Waals surface area contributed by atoms with E-state index in [1.807, 2.05) is 6.92 Å². The summed E-state index contributed by atoms with van der Waals surface area (Å²) in [5, 5.41) is 1.14. The first-order valence-corrected chi connectivity index (χ1v) is 9.69. The first-order chi connectivity index (χ1) is 12.5. The van der Waals surface area contributed by atoms with Crippen LogP contribution in [0.15, 0.2) is 53.6 Å². The number of fused-ring (bicyclic) bond motifs is 1. The molecule has 3 aromatic rings. The minimum atomic E-state index is -1.19. The molecule has 0 N–H and O–H groups in total. The van der Waals surface area contributed by atoms with Gasteiger partial charge in [0.25, 0.3) is 0 Å². The minimum absolute atomic E-state index is 0.164. The fourth-order valence-corrected chi connectivity index (χ4v) is 3.23. The third-order valence-electron chi connectivity index (χ3n) is 3.98. The van der Waals surface area contributed by atoms with E-state index in [9.17, 15) is 9.00 Å². The summed E-state index contributed by atoms with van der Waals surface area (Å²) in [6, 6.07) is 13.9. The van der Waals surface area contributed by atoms with Crippen LogP contribution in [0.2, 0.25) is 0 Å². The summed E-state index contributed by atoms with van der Waals surface area (Å²) in [4.78, 5) is 17.5. The van der Waals surface area contributed by atoms with Crippen molar-refractivity contribution in [1.29, 1.82) is 0 Å². The van der Waals surface area contributed by atoms with Gasteiger partial charge in [-0.05, 0) is 55.5 Å². The molecule has 0 radical (unpaired) electrons. The van der Waals surface area contributed by atoms with Crippen molar-refractivity contribution in [1.82, 2.24) is 4.98 Å². The van der Waals surface area contributed by atoms with Crippen LogP contribution in [-0.4, -0.2) is 34.9 Å². The Hall–Kier alpha value is -2.73. The molecule has 0 saturated carbocycles. The Morgan fingerprint density at radius 1 is 1.08 bits per heavy atom. The molecule has 0 bridgehead atoms. The Kier molecular flexibility index (Phi) is 5.32. The van der Waals surface area contributed by atoms with E-state index in [2.05, 4.69) is 4.98 Å². The summed E-state index contributed by atoms with van der Waals surface area (Å²) in [5.41, 5.74) is 1.57. The van der Waals surface area contributed by atoms with Crippen molar-refractivity contribution in [3.8, 4) is 11.5 Å². The predicted molar refractivity (Wildman–Crippen MR) is 102 cm³/mol. The average Bonchev–Trinajstić information content (AvgIpc) is 2.66. The van der Waals surface area contributed by atoms with Crippen LogP contribution in [0, 0.1) is 0 Å². The molecule has 0 fully saturated rings. The topological polar surface area (TPSA) is 65.5 Å². The van der Waals surface area contributed by atoms with E-state index in [1.165, 1.54) is 7.11 Å². The molecule has 6 heteroatoms. The van der Waals surface area contributed by atoms with E-state index in [0.717, 1.165) is 0 Å². The van der Waals surface area contributed by atoms with Gasteiger partial charge in [0.15, 0.2) is 5.78 Å². The van der Waals surface area contributed by atoms with E-state index in [-0.39, 0.29) is 5.78 Å². The fraction of sp³-hybridized carbons (Fsp3) is 0.200. The maximum Gasteiger partial charge on any atom is 0.197 e. The lowest BCUT2D eigenvalue weighted by molar-refractivity contribution is 0.103. The van der Waals surface area contributed by atoms with Crippen molar-refractivity contribution < 1.29 is 18.5 Å². The van der Waals surface area contributed by atoms with Crippen LogP contribution >= 0.6 is 0 Å². The Morgan fingerprint density at radius 2 is 1.81 bits per heavy atom. The Bertz CT molecular complexity index is 983. The monoisotopic (exact) mass is 369 g/mol. The predicted octanol–water partition coefficient (Wildman–Crippen LogP) is 3.61. The molecule has 0 aliphatic heterocycles. The standard InChI is InChI=1S/C20H19NO4S/c1-4-25-14-7-5-13(6-8-14)20(22)19-15-9-12-18(26(3)23)21-16(15)10-11-17(19)24-2/h5-12H,4H2,1-3H3. The number of benzene rings is 2. The van der Waals surface area contributed by atoms with E-state index in [4.69, 9.17) is 9.47 Å². The quantitative estimate of drug-likeness (QED) is 0.621. The van der Waals surface area contributed by atoms with Gasteiger partial charge in [0.05, 0.1) is 35.6 Å². The maximum atomic E-state index is 13.1. The molecule has 0 aliphatic carbocycles. The molecule has 134 valence electrons. The average molecular weight is 369 g/mol. The van der Waals surface area contributed by atoms with E-state index < -0.39 is 10.8 Å².